The first kappa shape index (κ1) is 46.1. The molecule has 0 spiro atoms. The molecule has 0 atom stereocenters. The Labute approximate surface area is 382 Å². The van der Waals surface area contributed by atoms with Crippen LogP contribution in [0.15, 0.2) is 170 Å². The minimum Gasteiger partial charge on any atom is -0.308 e. The molecular formula is C56H50F6N2OP+. The van der Waals surface area contributed by atoms with E-state index in [0.717, 1.165) is 60.7 Å². The van der Waals surface area contributed by atoms with Gasteiger partial charge in [0, 0.05) is 16.8 Å². The van der Waals surface area contributed by atoms with E-state index in [2.05, 4.69) is 58.2 Å². The fourth-order valence-corrected chi connectivity index (χ4v) is 13.2. The number of carbonyl (C=O) groups is 1. The minimum atomic E-state index is -5.04. The predicted molar refractivity (Wildman–Crippen MR) is 262 cm³/mol. The third kappa shape index (κ3) is 9.32. The number of urea groups is 1. The van der Waals surface area contributed by atoms with E-state index in [-0.39, 0.29) is 28.6 Å². The maximum atomic E-state index is 14.6. The molecule has 0 aliphatic heterocycles. The highest BCUT2D eigenvalue weighted by Gasteiger charge is 2.49. The normalized spacial score (nSPS) is 12.7. The van der Waals surface area contributed by atoms with Crippen LogP contribution in [-0.2, 0) is 29.3 Å². The van der Waals surface area contributed by atoms with Gasteiger partial charge in [0.2, 0.25) is 0 Å². The van der Waals surface area contributed by atoms with Gasteiger partial charge in [-0.1, -0.05) is 145 Å². The first-order chi connectivity index (χ1) is 31.1. The monoisotopic (exact) mass is 911 g/mol. The summed E-state index contributed by atoms with van der Waals surface area (Å²) >= 11 is 0. The van der Waals surface area contributed by atoms with E-state index in [9.17, 15) is 31.1 Å². The second kappa shape index (κ2) is 17.4. The van der Waals surface area contributed by atoms with Crippen LogP contribution in [0.3, 0.4) is 0 Å². The first-order valence-electron chi connectivity index (χ1n) is 21.7. The molecule has 8 aromatic rings. The number of nitrogens with one attached hydrogen (secondary N) is 2. The third-order valence-corrected chi connectivity index (χ3v) is 16.5. The Morgan fingerprint density at radius 3 is 1.39 bits per heavy atom. The van der Waals surface area contributed by atoms with Gasteiger partial charge in [0.1, 0.15) is 23.2 Å². The summed E-state index contributed by atoms with van der Waals surface area (Å²) in [6, 6.07) is 49.4. The van der Waals surface area contributed by atoms with Crippen LogP contribution in [0.2, 0.25) is 0 Å². The van der Waals surface area contributed by atoms with Gasteiger partial charge < -0.3 is 10.6 Å². The molecule has 2 N–H and O–H groups in total. The molecule has 336 valence electrons. The van der Waals surface area contributed by atoms with Crippen molar-refractivity contribution in [3.63, 3.8) is 0 Å². The number of rotatable bonds is 8. The minimum absolute atomic E-state index is 0.111. The van der Waals surface area contributed by atoms with Crippen LogP contribution < -0.4 is 26.5 Å². The van der Waals surface area contributed by atoms with Crippen LogP contribution in [0.1, 0.15) is 69.4 Å². The number of halogens is 6. The van der Waals surface area contributed by atoms with Crippen molar-refractivity contribution in [2.24, 2.45) is 0 Å². The van der Waals surface area contributed by atoms with Crippen molar-refractivity contribution >= 4 is 62.1 Å². The Hall–Kier alpha value is -6.44. The summed E-state index contributed by atoms with van der Waals surface area (Å²) in [4.78, 5) is 14.5. The molecule has 0 bridgehead atoms. The summed E-state index contributed by atoms with van der Waals surface area (Å²) in [6.07, 6.45) is -10.3. The average molecular weight is 912 g/mol. The van der Waals surface area contributed by atoms with E-state index in [1.807, 2.05) is 146 Å². The van der Waals surface area contributed by atoms with Crippen molar-refractivity contribution < 1.29 is 31.1 Å². The fourth-order valence-electron chi connectivity index (χ4n) is 8.78. The summed E-state index contributed by atoms with van der Waals surface area (Å²) in [5, 5.41) is 11.8. The first-order valence-corrected chi connectivity index (χ1v) is 23.7. The number of alkyl halides is 6. The van der Waals surface area contributed by atoms with E-state index in [0.29, 0.717) is 22.5 Å². The van der Waals surface area contributed by atoms with Crippen LogP contribution in [0.25, 0.3) is 32.7 Å². The van der Waals surface area contributed by atoms with E-state index >= 15 is 0 Å². The van der Waals surface area contributed by atoms with Gasteiger partial charge in [-0.25, -0.2) is 4.79 Å². The molecule has 0 radical (unpaired) electrons. The number of fused-ring (bicyclic) bond motifs is 2. The number of hydrogen-bond acceptors (Lipinski definition) is 1. The van der Waals surface area contributed by atoms with Crippen LogP contribution in [-0.4, -0.2) is 6.03 Å². The van der Waals surface area contributed by atoms with Crippen molar-refractivity contribution in [3.8, 4) is 11.1 Å². The van der Waals surface area contributed by atoms with Crippen molar-refractivity contribution in [3.05, 3.63) is 198 Å². The van der Waals surface area contributed by atoms with Gasteiger partial charge in [-0.2, -0.15) is 26.3 Å². The highest BCUT2D eigenvalue weighted by Crippen LogP contribution is 2.61. The van der Waals surface area contributed by atoms with Gasteiger partial charge in [-0.15, -0.1) is 0 Å². The molecule has 0 aromatic heterocycles. The van der Waals surface area contributed by atoms with E-state index < -0.39 is 36.8 Å². The lowest BCUT2D eigenvalue weighted by atomic mass is 9.80. The third-order valence-electron chi connectivity index (χ3n) is 12.1. The quantitative estimate of drug-likeness (QED) is 0.116. The molecule has 0 saturated carbocycles. The van der Waals surface area contributed by atoms with Gasteiger partial charge in [-0.3, -0.25) is 0 Å². The second-order valence-corrected chi connectivity index (χ2v) is 22.3. The molecule has 3 nitrogen and oxygen atoms in total. The molecule has 10 heteroatoms. The Kier molecular flexibility index (Phi) is 12.2. The lowest BCUT2D eigenvalue weighted by Gasteiger charge is -2.31. The fraction of sp³-hybridized carbons (Fsp3) is 0.196. The second-order valence-electron chi connectivity index (χ2n) is 18.8. The number of carbonyl (C=O) groups excluding carboxylic acids is 1. The molecule has 0 aliphatic rings. The predicted octanol–water partition coefficient (Wildman–Crippen LogP) is 15.4. The van der Waals surface area contributed by atoms with Crippen molar-refractivity contribution in [1.82, 2.24) is 0 Å². The maximum absolute atomic E-state index is 14.6. The zero-order chi connectivity index (χ0) is 47.2. The summed E-state index contributed by atoms with van der Waals surface area (Å²) in [5.41, 5.74) is 1.28. The molecule has 66 heavy (non-hydrogen) atoms. The maximum Gasteiger partial charge on any atom is 0.416 e. The largest absolute Gasteiger partial charge is 0.416 e. The Balaban J connectivity index is 1.43. The molecule has 0 aliphatic carbocycles. The lowest BCUT2D eigenvalue weighted by molar-refractivity contribution is -0.143. The van der Waals surface area contributed by atoms with Gasteiger partial charge >= 0.3 is 18.4 Å². The number of amides is 2. The summed E-state index contributed by atoms with van der Waals surface area (Å²) in [6.45, 7) is 12.7. The van der Waals surface area contributed by atoms with Crippen molar-refractivity contribution in [1.29, 1.82) is 0 Å². The smallest absolute Gasteiger partial charge is 0.308 e. The van der Waals surface area contributed by atoms with Gasteiger partial charge in [0.25, 0.3) is 0 Å². The highest BCUT2D eigenvalue weighted by atomic mass is 31.2. The summed E-state index contributed by atoms with van der Waals surface area (Å²) in [7, 11) is -3.32. The number of anilines is 2. The lowest BCUT2D eigenvalue weighted by Crippen LogP contribution is -2.34. The summed E-state index contributed by atoms with van der Waals surface area (Å²) < 4.78 is 87.5. The Bertz CT molecular complexity index is 2970. The zero-order valence-electron chi connectivity index (χ0n) is 37.5. The van der Waals surface area contributed by atoms with Gasteiger partial charge in [0.05, 0.1) is 23.0 Å². The van der Waals surface area contributed by atoms with Gasteiger partial charge in [0.15, 0.2) is 0 Å². The van der Waals surface area contributed by atoms with E-state index in [4.69, 9.17) is 0 Å². The molecule has 8 rings (SSSR count). The van der Waals surface area contributed by atoms with Crippen LogP contribution in [0, 0.1) is 0 Å². The Morgan fingerprint density at radius 2 is 0.909 bits per heavy atom. The standard InChI is InChI=1S/C56H49F6N2OP/c1-53(2,3)39-31-40(54(4,5)6)34-43(33-39)63-52(65)64-48-27-25-37-17-13-15-23-46(37)50(48)51-47-24-16-14-18-38(47)26-28-49(51)66(44-19-9-7-10-20-44,45-21-11-8-12-22-45)35-36-29-41(55(57,58)59)32-42(30-36)56(60,61)62/h7-34H,35H2,1-6H3,(H-,63,64,65)/p+1. The number of benzene rings is 8. The molecule has 0 saturated heterocycles. The molecular weight excluding hydrogens is 862 g/mol. The van der Waals surface area contributed by atoms with Crippen LogP contribution in [0.5, 0.6) is 0 Å². The summed E-state index contributed by atoms with van der Waals surface area (Å²) in [5.74, 6) is 0. The molecule has 0 fully saturated rings. The molecule has 0 heterocycles. The van der Waals surface area contributed by atoms with E-state index in [1.165, 1.54) is 0 Å². The molecule has 0 unspecified atom stereocenters. The molecule has 2 amide bonds. The molecule has 8 aromatic carbocycles. The van der Waals surface area contributed by atoms with Crippen LogP contribution in [0.4, 0.5) is 42.5 Å². The zero-order valence-corrected chi connectivity index (χ0v) is 38.4. The van der Waals surface area contributed by atoms with Crippen LogP contribution >= 0.6 is 7.26 Å². The van der Waals surface area contributed by atoms with Crippen molar-refractivity contribution in [2.75, 3.05) is 10.6 Å². The van der Waals surface area contributed by atoms with E-state index in [1.54, 1.807) is 0 Å². The Morgan fingerprint density at radius 1 is 0.470 bits per heavy atom. The topological polar surface area (TPSA) is 41.1 Å². The van der Waals surface area contributed by atoms with Crippen molar-refractivity contribution in [2.45, 2.75) is 70.9 Å². The van der Waals surface area contributed by atoms with Gasteiger partial charge in [-0.05, 0) is 116 Å². The average Bonchev–Trinajstić information content (AvgIpc) is 3.27. The highest BCUT2D eigenvalue weighted by molar-refractivity contribution is 7.95. The SMILES string of the molecule is CC(C)(C)c1cc(NC(=O)Nc2ccc3ccccc3c2-c2c([P+](Cc3cc(C(F)(F)F)cc(C(F)(F)F)c3)(c3ccccc3)c3ccccc3)ccc3ccccc23)cc(C(C)(C)C)c1. The number of hydrogen-bond donors (Lipinski definition) is 2.